The predicted molar refractivity (Wildman–Crippen MR) is 158 cm³/mol. The van der Waals surface area contributed by atoms with Gasteiger partial charge in [-0.3, -0.25) is 14.4 Å². The molecule has 1 saturated heterocycles. The molecule has 0 radical (unpaired) electrons. The number of halogens is 1. The third-order valence-electron chi connectivity index (χ3n) is 10.6. The maximum Gasteiger partial charge on any atom is 0.251 e. The van der Waals surface area contributed by atoms with Crippen LogP contribution >= 0.6 is 0 Å². The smallest absolute Gasteiger partial charge is 0.251 e. The summed E-state index contributed by atoms with van der Waals surface area (Å²) in [6.07, 6.45) is 8.47. The van der Waals surface area contributed by atoms with Crippen LogP contribution in [0.5, 0.6) is 0 Å². The molecule has 0 aromatic heterocycles. The number of quaternary nitrogens is 1. The number of carbonyl (C=O) groups excluding carboxylic acids is 3. The molecule has 4 bridgehead atoms. The highest BCUT2D eigenvalue weighted by atomic mass is 19.1. The quantitative estimate of drug-likeness (QED) is 0.236. The fourth-order valence-electron chi connectivity index (χ4n) is 8.54. The summed E-state index contributed by atoms with van der Waals surface area (Å²) in [5, 5.41) is 8.98. The van der Waals surface area contributed by atoms with Crippen LogP contribution in [-0.2, 0) is 24.1 Å². The van der Waals surface area contributed by atoms with Crippen molar-refractivity contribution in [1.29, 1.82) is 0 Å². The van der Waals surface area contributed by atoms with Crippen LogP contribution in [0.1, 0.15) is 94.8 Å². The third kappa shape index (κ3) is 6.38. The maximum atomic E-state index is 13.6. The summed E-state index contributed by atoms with van der Waals surface area (Å²) < 4.78 is 20.0. The Bertz CT molecular complexity index is 1230. The molecule has 1 heterocycles. The lowest BCUT2D eigenvalue weighted by molar-refractivity contribution is -0.462. The van der Waals surface area contributed by atoms with Crippen molar-refractivity contribution in [3.8, 4) is 0 Å². The Morgan fingerprint density at radius 3 is 2.27 bits per heavy atom. The lowest BCUT2D eigenvalue weighted by Gasteiger charge is -2.61. The highest BCUT2D eigenvalue weighted by Crippen LogP contribution is 2.67. The number of nitrogens with one attached hydrogen (secondary N) is 3. The van der Waals surface area contributed by atoms with Crippen LogP contribution in [0.4, 0.5) is 4.39 Å². The number of benzene rings is 1. The summed E-state index contributed by atoms with van der Waals surface area (Å²) in [5.41, 5.74) is 3.85. The first-order chi connectivity index (χ1) is 20.9. The van der Waals surface area contributed by atoms with Crippen molar-refractivity contribution in [1.82, 2.24) is 16.0 Å². The minimum absolute atomic E-state index is 0.0722. The molecule has 2 spiro atoms. The fraction of sp³-hybridized carbons (Fsp3) is 0.727. The molecule has 2 atom stereocenters. The Balaban J connectivity index is 0.978. The minimum atomic E-state index is -0.796. The Morgan fingerprint density at radius 2 is 1.61 bits per heavy atom. The molecule has 1 aliphatic heterocycles. The molecular weight excluding hydrogens is 567 g/mol. The molecule has 10 nitrogen and oxygen atoms in total. The second-order valence-electron chi connectivity index (χ2n) is 15.0. The van der Waals surface area contributed by atoms with Crippen LogP contribution in [0.3, 0.4) is 0 Å². The van der Waals surface area contributed by atoms with Crippen LogP contribution in [0.25, 0.3) is 0 Å². The average molecular weight is 616 g/mol. The first-order valence-corrected chi connectivity index (χ1v) is 16.4. The van der Waals surface area contributed by atoms with Gasteiger partial charge < -0.3 is 26.4 Å². The first kappa shape index (κ1) is 31.4. The minimum Gasteiger partial charge on any atom is -0.356 e. The van der Waals surface area contributed by atoms with Gasteiger partial charge in [-0.2, -0.15) is 9.78 Å². The summed E-state index contributed by atoms with van der Waals surface area (Å²) in [7, 11) is 0. The Labute approximate surface area is 258 Å². The van der Waals surface area contributed by atoms with Gasteiger partial charge in [-0.25, -0.2) is 4.39 Å². The summed E-state index contributed by atoms with van der Waals surface area (Å²) in [5.74, 6) is -1.08. The van der Waals surface area contributed by atoms with Crippen molar-refractivity contribution in [2.45, 2.75) is 102 Å². The SMILES string of the molecule is CC(C)([NH3+])CNC(=O)CC1CCC2(CC1)OOC1(O2)C2CC3CC1CC(C(=O)NCCCNC(=O)c1ccc(F)cc1)(C3)C2. The Morgan fingerprint density at radius 1 is 0.955 bits per heavy atom. The Hall–Kier alpha value is -2.60. The summed E-state index contributed by atoms with van der Waals surface area (Å²) in [4.78, 5) is 50.6. The van der Waals surface area contributed by atoms with Crippen LogP contribution < -0.4 is 21.7 Å². The highest BCUT2D eigenvalue weighted by Gasteiger charge is 2.71. The third-order valence-corrected chi connectivity index (χ3v) is 10.6. The fourth-order valence-corrected chi connectivity index (χ4v) is 8.54. The zero-order chi connectivity index (χ0) is 31.2. The Kier molecular flexibility index (Phi) is 8.53. The molecule has 6 fully saturated rings. The van der Waals surface area contributed by atoms with E-state index >= 15 is 0 Å². The largest absolute Gasteiger partial charge is 0.356 e. The molecule has 11 heteroatoms. The normalized spacial score (nSPS) is 35.6. The number of amides is 3. The van der Waals surface area contributed by atoms with Gasteiger partial charge in [0.1, 0.15) is 11.4 Å². The van der Waals surface area contributed by atoms with E-state index in [0.29, 0.717) is 62.7 Å². The van der Waals surface area contributed by atoms with E-state index in [4.69, 9.17) is 14.5 Å². The number of carbonyl (C=O) groups is 3. The molecule has 1 aromatic rings. The summed E-state index contributed by atoms with van der Waals surface area (Å²) >= 11 is 0. The van der Waals surface area contributed by atoms with Gasteiger partial charge in [0, 0.05) is 49.8 Å². The van der Waals surface area contributed by atoms with E-state index in [9.17, 15) is 18.8 Å². The summed E-state index contributed by atoms with van der Waals surface area (Å²) in [6.45, 7) is 5.46. The molecule has 5 aliphatic carbocycles. The van der Waals surface area contributed by atoms with E-state index < -0.39 is 17.0 Å². The van der Waals surface area contributed by atoms with Gasteiger partial charge in [-0.15, -0.1) is 0 Å². The molecule has 7 rings (SSSR count). The zero-order valence-corrected chi connectivity index (χ0v) is 26.1. The van der Waals surface area contributed by atoms with E-state index in [0.717, 1.165) is 44.9 Å². The first-order valence-electron chi connectivity index (χ1n) is 16.4. The molecule has 5 saturated carbocycles. The topological polar surface area (TPSA) is 143 Å². The number of hydrogen-bond donors (Lipinski definition) is 4. The molecule has 242 valence electrons. The van der Waals surface area contributed by atoms with Gasteiger partial charge in [0.2, 0.25) is 23.4 Å². The van der Waals surface area contributed by atoms with Crippen LogP contribution in [0, 0.1) is 34.9 Å². The van der Waals surface area contributed by atoms with Gasteiger partial charge in [-0.1, -0.05) is 0 Å². The molecule has 1 aromatic carbocycles. The van der Waals surface area contributed by atoms with Crippen molar-refractivity contribution < 1.29 is 39.0 Å². The maximum absolute atomic E-state index is 13.6. The molecule has 44 heavy (non-hydrogen) atoms. The van der Waals surface area contributed by atoms with E-state index in [1.54, 1.807) is 0 Å². The number of ether oxygens (including phenoxy) is 1. The molecule has 6 N–H and O–H groups in total. The van der Waals surface area contributed by atoms with Gasteiger partial charge >= 0.3 is 0 Å². The van der Waals surface area contributed by atoms with Crippen LogP contribution in [0.15, 0.2) is 24.3 Å². The molecule has 2 unspecified atom stereocenters. The highest BCUT2D eigenvalue weighted by molar-refractivity contribution is 5.94. The van der Waals surface area contributed by atoms with Gasteiger partial charge in [0.15, 0.2) is 0 Å². The molecule has 3 amide bonds. The van der Waals surface area contributed by atoms with Crippen molar-refractivity contribution >= 4 is 17.7 Å². The second-order valence-corrected chi connectivity index (χ2v) is 15.0. The van der Waals surface area contributed by atoms with E-state index in [1.807, 2.05) is 13.8 Å². The van der Waals surface area contributed by atoms with E-state index in [1.165, 1.54) is 24.3 Å². The van der Waals surface area contributed by atoms with Gasteiger partial charge in [0.05, 0.1) is 12.0 Å². The monoisotopic (exact) mass is 615 g/mol. The van der Waals surface area contributed by atoms with Crippen molar-refractivity contribution in [3.05, 3.63) is 35.6 Å². The number of hydrogen-bond acceptors (Lipinski definition) is 6. The van der Waals surface area contributed by atoms with Crippen LogP contribution in [0.2, 0.25) is 0 Å². The van der Waals surface area contributed by atoms with Crippen molar-refractivity contribution in [2.24, 2.45) is 29.1 Å². The average Bonchev–Trinajstić information content (AvgIpc) is 3.35. The number of rotatable bonds is 10. The van der Waals surface area contributed by atoms with E-state index in [-0.39, 0.29) is 40.9 Å². The second kappa shape index (κ2) is 12.0. The predicted octanol–water partition coefficient (Wildman–Crippen LogP) is 2.98. The van der Waals surface area contributed by atoms with Crippen LogP contribution in [-0.4, -0.2) is 54.5 Å². The van der Waals surface area contributed by atoms with Crippen molar-refractivity contribution in [2.75, 3.05) is 19.6 Å². The zero-order valence-electron chi connectivity index (χ0n) is 26.1. The van der Waals surface area contributed by atoms with Gasteiger partial charge in [-0.05, 0) is 101 Å². The molecule has 6 aliphatic rings. The standard InChI is InChI=1S/C33H47FN4O6/c1-30(2,35)20-38-27(39)16-21-8-10-32(11-9-21)42-33(44-43-32)24-14-22-15-25(33)19-31(17-22,18-24)29(41)37-13-3-12-36-28(40)23-4-6-26(34)7-5-23/h4-7,21-22,24-25H,3,8-20,35H2,1-2H3,(H,36,40)(H,37,41)(H,38,39)/p+1. The summed E-state index contributed by atoms with van der Waals surface area (Å²) in [6, 6.07) is 5.44. The van der Waals surface area contributed by atoms with Crippen molar-refractivity contribution in [3.63, 3.8) is 0 Å². The molecular formula is C33H48FN4O6+. The van der Waals surface area contributed by atoms with E-state index in [2.05, 4.69) is 21.7 Å². The lowest BCUT2D eigenvalue weighted by atomic mass is 9.47. The van der Waals surface area contributed by atoms with Gasteiger partial charge in [0.25, 0.3) is 5.91 Å². The lowest BCUT2D eigenvalue weighted by Crippen LogP contribution is -2.73.